The summed E-state index contributed by atoms with van der Waals surface area (Å²) in [5.74, 6) is -0.328. The third-order valence-electron chi connectivity index (χ3n) is 2.73. The molecule has 0 fully saturated rings. The summed E-state index contributed by atoms with van der Waals surface area (Å²) in [6, 6.07) is 5.51. The molecule has 1 aromatic rings. The number of rotatable bonds is 8. The highest BCUT2D eigenvalue weighted by Crippen LogP contribution is 2.20. The molecule has 20 heavy (non-hydrogen) atoms. The van der Waals surface area contributed by atoms with E-state index in [9.17, 15) is 9.59 Å². The molecule has 0 saturated carbocycles. The van der Waals surface area contributed by atoms with Crippen molar-refractivity contribution in [3.05, 3.63) is 29.3 Å². The van der Waals surface area contributed by atoms with Crippen LogP contribution in [0.25, 0.3) is 0 Å². The van der Waals surface area contributed by atoms with Crippen LogP contribution in [0.1, 0.15) is 11.1 Å². The molecule has 0 aliphatic rings. The van der Waals surface area contributed by atoms with Gasteiger partial charge in [0.25, 0.3) is 0 Å². The Morgan fingerprint density at radius 2 is 1.80 bits per heavy atom. The highest BCUT2D eigenvalue weighted by Gasteiger charge is 2.13. The molecular formula is C13H20N4O3. The van der Waals surface area contributed by atoms with Gasteiger partial charge in [-0.15, -0.1) is 0 Å². The van der Waals surface area contributed by atoms with Gasteiger partial charge >= 0.3 is 0 Å². The average molecular weight is 280 g/mol. The molecule has 0 bridgehead atoms. The van der Waals surface area contributed by atoms with E-state index in [0.29, 0.717) is 18.8 Å². The van der Waals surface area contributed by atoms with Crippen molar-refractivity contribution in [2.45, 2.75) is 13.1 Å². The molecular weight excluding hydrogens is 260 g/mol. The monoisotopic (exact) mass is 280 g/mol. The minimum Gasteiger partial charge on any atom is -0.496 e. The van der Waals surface area contributed by atoms with E-state index in [1.807, 2.05) is 12.1 Å². The summed E-state index contributed by atoms with van der Waals surface area (Å²) in [6.45, 7) is 0.644. The predicted molar refractivity (Wildman–Crippen MR) is 74.6 cm³/mol. The van der Waals surface area contributed by atoms with Gasteiger partial charge in [-0.05, 0) is 17.7 Å². The molecule has 6 N–H and O–H groups in total. The summed E-state index contributed by atoms with van der Waals surface area (Å²) >= 11 is 0. The second-order valence-corrected chi connectivity index (χ2v) is 4.43. The topological polar surface area (TPSA) is 125 Å². The van der Waals surface area contributed by atoms with Gasteiger partial charge in [0, 0.05) is 18.7 Å². The molecule has 0 saturated heterocycles. The normalized spacial score (nSPS) is 10.6. The van der Waals surface area contributed by atoms with E-state index in [0.717, 1.165) is 11.1 Å². The fraction of sp³-hybridized carbons (Fsp3) is 0.385. The molecule has 0 heterocycles. The fourth-order valence-corrected chi connectivity index (χ4v) is 1.96. The summed E-state index contributed by atoms with van der Waals surface area (Å²) in [6.07, 6.45) is 0. The number of carbonyl (C=O) groups excluding carboxylic acids is 2. The summed E-state index contributed by atoms with van der Waals surface area (Å²) < 4.78 is 5.18. The van der Waals surface area contributed by atoms with E-state index in [-0.39, 0.29) is 13.1 Å². The van der Waals surface area contributed by atoms with Crippen molar-refractivity contribution >= 4 is 11.8 Å². The van der Waals surface area contributed by atoms with Crippen molar-refractivity contribution in [3.63, 3.8) is 0 Å². The van der Waals surface area contributed by atoms with Crippen molar-refractivity contribution in [3.8, 4) is 5.75 Å². The van der Waals surface area contributed by atoms with E-state index < -0.39 is 11.8 Å². The number of hydrogen-bond donors (Lipinski definition) is 3. The summed E-state index contributed by atoms with van der Waals surface area (Å²) in [5.41, 5.74) is 17.7. The lowest BCUT2D eigenvalue weighted by Gasteiger charge is -2.19. The zero-order valence-electron chi connectivity index (χ0n) is 11.5. The van der Waals surface area contributed by atoms with Crippen LogP contribution in [0.4, 0.5) is 0 Å². The molecule has 7 heteroatoms. The Bertz CT molecular complexity index is 475. The second kappa shape index (κ2) is 7.46. The minimum atomic E-state index is -0.515. The minimum absolute atomic E-state index is 0.0348. The van der Waals surface area contributed by atoms with E-state index in [2.05, 4.69) is 0 Å². The number of primary amides is 2. The highest BCUT2D eigenvalue weighted by atomic mass is 16.5. The maximum Gasteiger partial charge on any atom is 0.231 e. The molecule has 7 nitrogen and oxygen atoms in total. The second-order valence-electron chi connectivity index (χ2n) is 4.43. The van der Waals surface area contributed by atoms with Gasteiger partial charge in [0.1, 0.15) is 5.75 Å². The van der Waals surface area contributed by atoms with Gasteiger partial charge in [0.05, 0.1) is 20.2 Å². The molecule has 0 aliphatic carbocycles. The summed E-state index contributed by atoms with van der Waals surface area (Å²) in [7, 11) is 1.57. The highest BCUT2D eigenvalue weighted by molar-refractivity contribution is 5.79. The molecule has 0 spiro atoms. The maximum absolute atomic E-state index is 11.0. The van der Waals surface area contributed by atoms with Crippen LogP contribution >= 0.6 is 0 Å². The van der Waals surface area contributed by atoms with Gasteiger partial charge in [-0.1, -0.05) is 6.07 Å². The predicted octanol–water partition coefficient (Wildman–Crippen LogP) is -1.07. The third-order valence-corrected chi connectivity index (χ3v) is 2.73. The van der Waals surface area contributed by atoms with Crippen LogP contribution in [-0.4, -0.2) is 36.9 Å². The zero-order valence-corrected chi connectivity index (χ0v) is 11.5. The smallest absolute Gasteiger partial charge is 0.231 e. The van der Waals surface area contributed by atoms with E-state index in [4.69, 9.17) is 21.9 Å². The number of hydrogen-bond acceptors (Lipinski definition) is 5. The Morgan fingerprint density at radius 3 is 2.25 bits per heavy atom. The largest absolute Gasteiger partial charge is 0.496 e. The number of methoxy groups -OCH3 is 1. The lowest BCUT2D eigenvalue weighted by molar-refractivity contribution is -0.122. The van der Waals surface area contributed by atoms with E-state index in [1.165, 1.54) is 0 Å². The van der Waals surface area contributed by atoms with Gasteiger partial charge in [-0.2, -0.15) is 0 Å². The number of nitrogens with zero attached hydrogens (tertiary/aromatic N) is 1. The first kappa shape index (κ1) is 15.9. The van der Waals surface area contributed by atoms with Crippen molar-refractivity contribution in [1.29, 1.82) is 0 Å². The number of carbonyl (C=O) groups is 2. The Hall–Kier alpha value is -2.12. The van der Waals surface area contributed by atoms with Crippen LogP contribution in [0.3, 0.4) is 0 Å². The molecule has 1 rings (SSSR count). The lowest BCUT2D eigenvalue weighted by Crippen LogP contribution is -2.39. The summed E-state index contributed by atoms with van der Waals surface area (Å²) in [5, 5.41) is 0. The fourth-order valence-electron chi connectivity index (χ4n) is 1.96. The van der Waals surface area contributed by atoms with Gasteiger partial charge in [0.2, 0.25) is 11.8 Å². The van der Waals surface area contributed by atoms with Crippen LogP contribution < -0.4 is 21.9 Å². The third kappa shape index (κ3) is 4.87. The average Bonchev–Trinajstić information content (AvgIpc) is 2.36. The first-order valence-electron chi connectivity index (χ1n) is 6.11. The summed E-state index contributed by atoms with van der Waals surface area (Å²) in [4.78, 5) is 23.6. The number of ether oxygens (including phenoxy) is 1. The van der Waals surface area contributed by atoms with Gasteiger partial charge in [0.15, 0.2) is 0 Å². The Balaban J connectivity index is 2.86. The van der Waals surface area contributed by atoms with E-state index in [1.54, 1.807) is 18.1 Å². The molecule has 0 atom stereocenters. The van der Waals surface area contributed by atoms with Gasteiger partial charge in [-0.3, -0.25) is 14.5 Å². The standard InChI is InChI=1S/C13H20N4O3/c1-20-11-3-2-9(4-10(11)5-14)6-17(7-12(15)18)8-13(16)19/h2-4H,5-8,14H2,1H3,(H2,15,18)(H2,16,19). The lowest BCUT2D eigenvalue weighted by atomic mass is 10.1. The van der Waals surface area contributed by atoms with Crippen LogP contribution in [0.15, 0.2) is 18.2 Å². The Morgan fingerprint density at radius 1 is 1.20 bits per heavy atom. The van der Waals surface area contributed by atoms with Crippen LogP contribution in [-0.2, 0) is 22.7 Å². The molecule has 0 aliphatic heterocycles. The Labute approximate surface area is 117 Å². The van der Waals surface area contributed by atoms with Crippen molar-refractivity contribution < 1.29 is 14.3 Å². The SMILES string of the molecule is COc1ccc(CN(CC(N)=O)CC(N)=O)cc1CN. The molecule has 0 radical (unpaired) electrons. The number of nitrogens with two attached hydrogens (primary N) is 3. The zero-order chi connectivity index (χ0) is 15.1. The van der Waals surface area contributed by atoms with Crippen LogP contribution in [0, 0.1) is 0 Å². The molecule has 2 amide bonds. The molecule has 0 aromatic heterocycles. The van der Waals surface area contributed by atoms with Crippen molar-refractivity contribution in [2.24, 2.45) is 17.2 Å². The molecule has 1 aromatic carbocycles. The van der Waals surface area contributed by atoms with Gasteiger partial charge < -0.3 is 21.9 Å². The van der Waals surface area contributed by atoms with Crippen molar-refractivity contribution in [1.82, 2.24) is 4.90 Å². The molecule has 110 valence electrons. The first-order valence-corrected chi connectivity index (χ1v) is 6.11. The number of amides is 2. The Kier molecular flexibility index (Phi) is 5.95. The van der Waals surface area contributed by atoms with Crippen LogP contribution in [0.2, 0.25) is 0 Å². The quantitative estimate of drug-likeness (QED) is 0.559. The maximum atomic E-state index is 11.0. The first-order chi connectivity index (χ1) is 9.46. The molecule has 0 unspecified atom stereocenters. The van der Waals surface area contributed by atoms with Crippen molar-refractivity contribution in [2.75, 3.05) is 20.2 Å². The van der Waals surface area contributed by atoms with Crippen LogP contribution in [0.5, 0.6) is 5.75 Å². The number of benzene rings is 1. The van der Waals surface area contributed by atoms with Gasteiger partial charge in [-0.25, -0.2) is 0 Å². The van der Waals surface area contributed by atoms with E-state index >= 15 is 0 Å².